The molecule has 1 aliphatic heterocycles. The summed E-state index contributed by atoms with van der Waals surface area (Å²) >= 11 is 0. The monoisotopic (exact) mass is 467 g/mol. The largest absolute Gasteiger partial charge is 0.507 e. The first-order valence-electron chi connectivity index (χ1n) is 10.6. The topological polar surface area (TPSA) is 76.3 Å². The van der Waals surface area contributed by atoms with Crippen LogP contribution in [0.15, 0.2) is 60.8 Å². The summed E-state index contributed by atoms with van der Waals surface area (Å²) in [6.45, 7) is 3.02. The van der Waals surface area contributed by atoms with E-state index in [2.05, 4.69) is 15.3 Å². The molecule has 0 aliphatic carbocycles. The third kappa shape index (κ3) is 4.14. The van der Waals surface area contributed by atoms with Crippen LogP contribution in [-0.4, -0.2) is 38.2 Å². The number of phenolic OH excluding ortho intramolecular Hbond substituents is 1. The second kappa shape index (κ2) is 8.36. The lowest BCUT2D eigenvalue weighted by Gasteiger charge is -2.26. The van der Waals surface area contributed by atoms with Crippen molar-refractivity contribution in [2.75, 3.05) is 18.1 Å². The Balaban J connectivity index is 1.42. The Kier molecular flexibility index (Phi) is 5.35. The third-order valence-corrected chi connectivity index (χ3v) is 5.55. The van der Waals surface area contributed by atoms with Crippen molar-refractivity contribution in [2.45, 2.75) is 19.6 Å². The first-order valence-corrected chi connectivity index (χ1v) is 10.6. The van der Waals surface area contributed by atoms with Crippen molar-refractivity contribution in [1.29, 1.82) is 0 Å². The first-order chi connectivity index (χ1) is 16.3. The van der Waals surface area contributed by atoms with Gasteiger partial charge in [-0.25, -0.2) is 0 Å². The highest BCUT2D eigenvalue weighted by Crippen LogP contribution is 2.39. The maximum Gasteiger partial charge on any atom is 0.416 e. The van der Waals surface area contributed by atoms with Crippen molar-refractivity contribution in [2.24, 2.45) is 0 Å². The minimum Gasteiger partial charge on any atom is -0.507 e. The van der Waals surface area contributed by atoms with Gasteiger partial charge in [0.15, 0.2) is 17.4 Å². The van der Waals surface area contributed by atoms with E-state index >= 15 is 0 Å². The lowest BCUT2D eigenvalue weighted by molar-refractivity contribution is -0.137. The van der Waals surface area contributed by atoms with Crippen LogP contribution in [0, 0.1) is 6.92 Å². The number of aryl methyl sites for hydroxylation is 1. The number of aromatic hydroxyl groups is 1. The van der Waals surface area contributed by atoms with Crippen LogP contribution in [0.5, 0.6) is 11.5 Å². The average molecular weight is 467 g/mol. The molecule has 4 aromatic rings. The van der Waals surface area contributed by atoms with Crippen LogP contribution in [0.3, 0.4) is 0 Å². The summed E-state index contributed by atoms with van der Waals surface area (Å²) < 4.78 is 46.6. The minimum atomic E-state index is -4.55. The normalized spacial score (nSPS) is 13.5. The molecule has 174 valence electrons. The third-order valence-electron chi connectivity index (χ3n) is 5.55. The highest BCUT2D eigenvalue weighted by Gasteiger charge is 2.32. The molecule has 0 bridgehead atoms. The standard InChI is InChI=1S/C24H20F3N5O2/c1-15-11-17(24(25,26)27)12-19(33)22(15)18-7-8-21(29-28-18)32-9-10-34-20-14-31(30-23(20)32)13-16-5-3-2-4-6-16/h2-8,11-12,14,33H,9-10,13H2,1H3. The Morgan fingerprint density at radius 3 is 2.53 bits per heavy atom. The molecule has 0 amide bonds. The van der Waals surface area contributed by atoms with E-state index < -0.39 is 17.5 Å². The number of nitrogens with zero attached hydrogens (tertiary/aromatic N) is 5. The maximum absolute atomic E-state index is 13.0. The zero-order valence-electron chi connectivity index (χ0n) is 18.1. The van der Waals surface area contributed by atoms with E-state index in [9.17, 15) is 18.3 Å². The van der Waals surface area contributed by atoms with Crippen LogP contribution >= 0.6 is 0 Å². The average Bonchev–Trinajstić information content (AvgIpc) is 3.21. The molecular weight excluding hydrogens is 447 g/mol. The van der Waals surface area contributed by atoms with Crippen molar-refractivity contribution in [3.63, 3.8) is 0 Å². The number of aromatic nitrogens is 4. The summed E-state index contributed by atoms with van der Waals surface area (Å²) in [4.78, 5) is 1.87. The molecule has 3 heterocycles. The molecule has 0 saturated heterocycles. The molecule has 0 saturated carbocycles. The van der Waals surface area contributed by atoms with E-state index in [1.807, 2.05) is 41.4 Å². The Labute approximate surface area is 193 Å². The fraction of sp³-hybridized carbons (Fsp3) is 0.208. The molecule has 1 N–H and O–H groups in total. The molecule has 1 aliphatic rings. The number of hydrogen-bond acceptors (Lipinski definition) is 6. The predicted molar refractivity (Wildman–Crippen MR) is 119 cm³/mol. The Bertz CT molecular complexity index is 1300. The van der Waals surface area contributed by atoms with Gasteiger partial charge in [0, 0.05) is 5.56 Å². The summed E-state index contributed by atoms with van der Waals surface area (Å²) in [6.07, 6.45) is -2.71. The summed E-state index contributed by atoms with van der Waals surface area (Å²) in [7, 11) is 0. The highest BCUT2D eigenvalue weighted by molar-refractivity contribution is 5.72. The van der Waals surface area contributed by atoms with Gasteiger partial charge in [-0.15, -0.1) is 10.2 Å². The van der Waals surface area contributed by atoms with E-state index in [1.165, 1.54) is 6.92 Å². The summed E-state index contributed by atoms with van der Waals surface area (Å²) in [5.74, 6) is 1.26. The molecule has 2 aromatic heterocycles. The smallest absolute Gasteiger partial charge is 0.416 e. The number of hydrogen-bond donors (Lipinski definition) is 1. The molecule has 5 rings (SSSR count). The van der Waals surface area contributed by atoms with Crippen LogP contribution < -0.4 is 9.64 Å². The number of halogens is 3. The molecule has 7 nitrogen and oxygen atoms in total. The quantitative estimate of drug-likeness (QED) is 0.458. The van der Waals surface area contributed by atoms with Crippen molar-refractivity contribution in [1.82, 2.24) is 20.0 Å². The fourth-order valence-electron chi connectivity index (χ4n) is 3.98. The first kappa shape index (κ1) is 21.7. The minimum absolute atomic E-state index is 0.210. The molecule has 10 heteroatoms. The Morgan fingerprint density at radius 2 is 1.85 bits per heavy atom. The zero-order valence-corrected chi connectivity index (χ0v) is 18.1. The van der Waals surface area contributed by atoms with Crippen molar-refractivity contribution in [3.05, 3.63) is 77.5 Å². The molecule has 2 aromatic carbocycles. The van der Waals surface area contributed by atoms with E-state index in [0.29, 0.717) is 43.1 Å². The van der Waals surface area contributed by atoms with Crippen LogP contribution in [-0.2, 0) is 12.7 Å². The van der Waals surface area contributed by atoms with Gasteiger partial charge in [0.05, 0.1) is 30.5 Å². The van der Waals surface area contributed by atoms with Gasteiger partial charge in [0.1, 0.15) is 12.4 Å². The number of anilines is 2. The molecule has 0 unspecified atom stereocenters. The number of phenols is 1. The van der Waals surface area contributed by atoms with E-state index in [1.54, 1.807) is 16.8 Å². The van der Waals surface area contributed by atoms with Gasteiger partial charge in [0.2, 0.25) is 0 Å². The molecule has 0 atom stereocenters. The predicted octanol–water partition coefficient (Wildman–Crippen LogP) is 4.95. The lowest BCUT2D eigenvalue weighted by atomic mass is 10.0. The number of rotatable bonds is 4. The van der Waals surface area contributed by atoms with Crippen molar-refractivity contribution >= 4 is 11.6 Å². The van der Waals surface area contributed by atoms with E-state index in [4.69, 9.17) is 4.74 Å². The van der Waals surface area contributed by atoms with Gasteiger partial charge in [-0.2, -0.15) is 18.3 Å². The van der Waals surface area contributed by atoms with Crippen LogP contribution in [0.1, 0.15) is 16.7 Å². The molecular formula is C24H20F3N5O2. The second-order valence-electron chi connectivity index (χ2n) is 7.96. The number of ether oxygens (including phenoxy) is 1. The molecule has 0 fully saturated rings. The second-order valence-corrected chi connectivity index (χ2v) is 7.96. The van der Waals surface area contributed by atoms with Gasteiger partial charge in [-0.05, 0) is 42.3 Å². The summed E-state index contributed by atoms with van der Waals surface area (Å²) in [6, 6.07) is 14.9. The summed E-state index contributed by atoms with van der Waals surface area (Å²) in [5.41, 5.74) is 0.924. The molecule has 34 heavy (non-hydrogen) atoms. The van der Waals surface area contributed by atoms with Gasteiger partial charge in [0.25, 0.3) is 0 Å². The number of alkyl halides is 3. The molecule has 0 spiro atoms. The van der Waals surface area contributed by atoms with Gasteiger partial charge >= 0.3 is 6.18 Å². The zero-order chi connectivity index (χ0) is 23.9. The number of fused-ring (bicyclic) bond motifs is 1. The highest BCUT2D eigenvalue weighted by atomic mass is 19.4. The van der Waals surface area contributed by atoms with Gasteiger partial charge in [-0.1, -0.05) is 30.3 Å². The van der Waals surface area contributed by atoms with Crippen LogP contribution in [0.2, 0.25) is 0 Å². The fourth-order valence-corrected chi connectivity index (χ4v) is 3.98. The number of benzene rings is 2. The Hall–Kier alpha value is -4.08. The SMILES string of the molecule is Cc1cc(C(F)(F)F)cc(O)c1-c1ccc(N2CCOc3cn(Cc4ccccc4)nc32)nn1. The van der Waals surface area contributed by atoms with Gasteiger partial charge < -0.3 is 14.7 Å². The van der Waals surface area contributed by atoms with Crippen molar-refractivity contribution in [3.8, 4) is 22.8 Å². The van der Waals surface area contributed by atoms with Gasteiger partial charge in [-0.3, -0.25) is 4.68 Å². The van der Waals surface area contributed by atoms with Crippen LogP contribution in [0.25, 0.3) is 11.3 Å². The van der Waals surface area contributed by atoms with Crippen molar-refractivity contribution < 1.29 is 23.0 Å². The van der Waals surface area contributed by atoms with E-state index in [0.717, 1.165) is 11.6 Å². The lowest BCUT2D eigenvalue weighted by Crippen LogP contribution is -2.29. The van der Waals surface area contributed by atoms with E-state index in [-0.39, 0.29) is 16.8 Å². The Morgan fingerprint density at radius 1 is 1.06 bits per heavy atom. The summed E-state index contributed by atoms with van der Waals surface area (Å²) in [5, 5.41) is 23.3. The molecule has 0 radical (unpaired) electrons. The maximum atomic E-state index is 13.0. The van der Waals surface area contributed by atoms with Crippen LogP contribution in [0.4, 0.5) is 24.8 Å².